The zero-order valence-electron chi connectivity index (χ0n) is 11.9. The Labute approximate surface area is 132 Å². The maximum atomic E-state index is 12.0. The summed E-state index contributed by atoms with van der Waals surface area (Å²) >= 11 is 2.06. The lowest BCUT2D eigenvalue weighted by Crippen LogP contribution is -2.42. The second-order valence-electron chi connectivity index (χ2n) is 4.55. The van der Waals surface area contributed by atoms with Crippen LogP contribution in [0.5, 0.6) is 0 Å². The van der Waals surface area contributed by atoms with Gasteiger partial charge in [0.15, 0.2) is 3.77 Å². The summed E-state index contributed by atoms with van der Waals surface area (Å²) < 4.78 is 6.09. The van der Waals surface area contributed by atoms with Gasteiger partial charge in [0.1, 0.15) is 5.76 Å². The van der Waals surface area contributed by atoms with Gasteiger partial charge in [0.2, 0.25) is 11.8 Å². The van der Waals surface area contributed by atoms with Gasteiger partial charge >= 0.3 is 0 Å². The normalized spacial score (nSPS) is 11.1. The predicted molar refractivity (Wildman–Crippen MR) is 86.0 cm³/mol. The number of furan rings is 1. The lowest BCUT2D eigenvalue weighted by molar-refractivity contribution is -0.132. The van der Waals surface area contributed by atoms with Crippen LogP contribution in [0.2, 0.25) is 0 Å². The fourth-order valence-corrected chi connectivity index (χ4v) is 2.00. The molecule has 1 rings (SSSR count). The van der Waals surface area contributed by atoms with E-state index in [0.717, 1.165) is 3.77 Å². The molecule has 0 saturated carbocycles. The molecule has 110 valence electrons. The first kappa shape index (κ1) is 16.7. The first-order valence-electron chi connectivity index (χ1n) is 6.44. The van der Waals surface area contributed by atoms with Gasteiger partial charge < -0.3 is 14.6 Å². The van der Waals surface area contributed by atoms with Crippen LogP contribution in [0.25, 0.3) is 6.08 Å². The van der Waals surface area contributed by atoms with Crippen molar-refractivity contribution in [3.05, 3.63) is 27.7 Å². The molecule has 0 radical (unpaired) electrons. The summed E-state index contributed by atoms with van der Waals surface area (Å²) in [6.45, 7) is 6.14. The van der Waals surface area contributed by atoms with Crippen molar-refractivity contribution in [2.24, 2.45) is 0 Å². The summed E-state index contributed by atoms with van der Waals surface area (Å²) in [5, 5.41) is 2.76. The first-order chi connectivity index (χ1) is 9.42. The second-order valence-corrected chi connectivity index (χ2v) is 5.61. The van der Waals surface area contributed by atoms with E-state index in [2.05, 4.69) is 27.9 Å². The molecule has 0 aromatic carbocycles. The maximum Gasteiger partial charge on any atom is 0.247 e. The third-order valence-corrected chi connectivity index (χ3v) is 3.04. The lowest BCUT2D eigenvalue weighted by Gasteiger charge is -2.19. The van der Waals surface area contributed by atoms with Gasteiger partial charge in [0.05, 0.1) is 6.54 Å². The van der Waals surface area contributed by atoms with Crippen LogP contribution >= 0.6 is 22.6 Å². The number of hydrogen-bond acceptors (Lipinski definition) is 3. The Balaban J connectivity index is 2.58. The van der Waals surface area contributed by atoms with E-state index in [-0.39, 0.29) is 24.4 Å². The maximum absolute atomic E-state index is 12.0. The molecule has 1 aromatic rings. The standard InChI is InChI=1S/C14H19IN2O3/c1-4-17(9-13(18)16-10(2)3)14(19)8-6-11-5-7-12(15)20-11/h5-8,10H,4,9H2,1-3H3,(H,16,18)/b8-6+. The van der Waals surface area contributed by atoms with Gasteiger partial charge in [0, 0.05) is 18.7 Å². The van der Waals surface area contributed by atoms with Crippen LogP contribution in [0.3, 0.4) is 0 Å². The number of amides is 2. The average Bonchev–Trinajstić information content (AvgIpc) is 2.78. The second kappa shape index (κ2) is 8.08. The number of nitrogens with zero attached hydrogens (tertiary/aromatic N) is 1. The average molecular weight is 390 g/mol. The fourth-order valence-electron chi connectivity index (χ4n) is 1.56. The minimum absolute atomic E-state index is 0.0630. The van der Waals surface area contributed by atoms with Gasteiger partial charge in [-0.05, 0) is 61.6 Å². The van der Waals surface area contributed by atoms with Crippen LogP contribution in [0.15, 0.2) is 22.6 Å². The molecule has 20 heavy (non-hydrogen) atoms. The number of halogens is 1. The third-order valence-electron chi connectivity index (χ3n) is 2.46. The van der Waals surface area contributed by atoms with Crippen molar-refractivity contribution in [1.29, 1.82) is 0 Å². The molecule has 2 amide bonds. The van der Waals surface area contributed by atoms with Crippen molar-refractivity contribution in [1.82, 2.24) is 10.2 Å². The summed E-state index contributed by atoms with van der Waals surface area (Å²) in [6, 6.07) is 3.67. The molecule has 1 N–H and O–H groups in total. The zero-order chi connectivity index (χ0) is 15.1. The van der Waals surface area contributed by atoms with E-state index in [1.165, 1.54) is 11.0 Å². The molecule has 0 bridgehead atoms. The molecule has 5 nitrogen and oxygen atoms in total. The first-order valence-corrected chi connectivity index (χ1v) is 7.52. The molecule has 0 unspecified atom stereocenters. The molecule has 6 heteroatoms. The zero-order valence-corrected chi connectivity index (χ0v) is 14.0. The van der Waals surface area contributed by atoms with Crippen molar-refractivity contribution >= 4 is 40.5 Å². The van der Waals surface area contributed by atoms with Gasteiger partial charge in [0.25, 0.3) is 0 Å². The molecule has 0 atom stereocenters. The SMILES string of the molecule is CCN(CC(=O)NC(C)C)C(=O)/C=C/c1ccc(I)o1. The van der Waals surface area contributed by atoms with Gasteiger partial charge in [-0.1, -0.05) is 0 Å². The largest absolute Gasteiger partial charge is 0.451 e. The third kappa shape index (κ3) is 5.77. The molecule has 0 fully saturated rings. The van der Waals surface area contributed by atoms with E-state index in [9.17, 15) is 9.59 Å². The van der Waals surface area contributed by atoms with E-state index < -0.39 is 0 Å². The van der Waals surface area contributed by atoms with Crippen molar-refractivity contribution in [2.45, 2.75) is 26.8 Å². The Bertz CT molecular complexity index is 494. The van der Waals surface area contributed by atoms with Gasteiger partial charge in [-0.2, -0.15) is 0 Å². The molecule has 0 saturated heterocycles. The molecule has 0 aliphatic rings. The highest BCUT2D eigenvalue weighted by Gasteiger charge is 2.13. The molecule has 0 spiro atoms. The molecule has 1 aromatic heterocycles. The number of hydrogen-bond donors (Lipinski definition) is 1. The summed E-state index contributed by atoms with van der Waals surface area (Å²) in [6.07, 6.45) is 3.02. The van der Waals surface area contributed by atoms with E-state index in [4.69, 9.17) is 4.42 Å². The smallest absolute Gasteiger partial charge is 0.247 e. The van der Waals surface area contributed by atoms with Crippen molar-refractivity contribution in [3.8, 4) is 0 Å². The Hall–Kier alpha value is -1.31. The van der Waals surface area contributed by atoms with Crippen LogP contribution in [-0.2, 0) is 9.59 Å². The molecule has 1 heterocycles. The lowest BCUT2D eigenvalue weighted by atomic mass is 10.3. The van der Waals surface area contributed by atoms with Crippen LogP contribution in [0.4, 0.5) is 0 Å². The van der Waals surface area contributed by atoms with Gasteiger partial charge in [-0.3, -0.25) is 9.59 Å². The van der Waals surface area contributed by atoms with Crippen LogP contribution < -0.4 is 5.32 Å². The highest BCUT2D eigenvalue weighted by atomic mass is 127. The molecular formula is C14H19IN2O3. The summed E-state index contributed by atoms with van der Waals surface area (Å²) in [5.41, 5.74) is 0. The highest BCUT2D eigenvalue weighted by Crippen LogP contribution is 2.11. The fraction of sp³-hybridized carbons (Fsp3) is 0.429. The van der Waals surface area contributed by atoms with E-state index in [1.54, 1.807) is 12.1 Å². The Morgan fingerprint density at radius 2 is 2.15 bits per heavy atom. The highest BCUT2D eigenvalue weighted by molar-refractivity contribution is 14.1. The minimum atomic E-state index is -0.210. The van der Waals surface area contributed by atoms with Gasteiger partial charge in [-0.25, -0.2) is 0 Å². The van der Waals surface area contributed by atoms with E-state index in [1.807, 2.05) is 26.8 Å². The Morgan fingerprint density at radius 1 is 1.45 bits per heavy atom. The molecule has 0 aliphatic heterocycles. The number of nitrogens with one attached hydrogen (secondary N) is 1. The molecular weight excluding hydrogens is 371 g/mol. The van der Waals surface area contributed by atoms with Crippen LogP contribution in [0.1, 0.15) is 26.5 Å². The topological polar surface area (TPSA) is 62.6 Å². The van der Waals surface area contributed by atoms with Crippen LogP contribution in [-0.4, -0.2) is 35.8 Å². The minimum Gasteiger partial charge on any atom is -0.451 e. The number of carbonyl (C=O) groups is 2. The van der Waals surface area contributed by atoms with Crippen LogP contribution in [0, 0.1) is 3.77 Å². The summed E-state index contributed by atoms with van der Waals surface area (Å²) in [7, 11) is 0. The van der Waals surface area contributed by atoms with E-state index >= 15 is 0 Å². The summed E-state index contributed by atoms with van der Waals surface area (Å²) in [4.78, 5) is 25.1. The van der Waals surface area contributed by atoms with Gasteiger partial charge in [-0.15, -0.1) is 0 Å². The van der Waals surface area contributed by atoms with Crippen molar-refractivity contribution in [3.63, 3.8) is 0 Å². The number of likely N-dealkylation sites (N-methyl/N-ethyl adjacent to an activating group) is 1. The summed E-state index contributed by atoms with van der Waals surface area (Å²) in [5.74, 6) is 0.249. The van der Waals surface area contributed by atoms with Crippen molar-refractivity contribution in [2.75, 3.05) is 13.1 Å². The number of rotatable bonds is 6. The monoisotopic (exact) mass is 390 g/mol. The molecule has 0 aliphatic carbocycles. The quantitative estimate of drug-likeness (QED) is 0.599. The van der Waals surface area contributed by atoms with E-state index in [0.29, 0.717) is 12.3 Å². The Morgan fingerprint density at radius 3 is 2.65 bits per heavy atom. The Kier molecular flexibility index (Phi) is 6.77. The predicted octanol–water partition coefficient (Wildman–Crippen LogP) is 2.27. The number of carbonyl (C=O) groups excluding carboxylic acids is 2. The van der Waals surface area contributed by atoms with Crippen molar-refractivity contribution < 1.29 is 14.0 Å².